The van der Waals surface area contributed by atoms with Crippen molar-refractivity contribution in [3.63, 3.8) is 0 Å². The SMILES string of the molecule is CC(=O)O[C@@H]1[C@H](O[C@H](CO)[C@@H](O)[C@H](O)[C@H](OC(C)=O)C(=O)OC(C)C)O[C@H](CO)[C@@H](O)[C@@H]1O. The Kier molecular flexibility index (Phi) is 11.6. The van der Waals surface area contributed by atoms with Gasteiger partial charge in [-0.25, -0.2) is 4.79 Å². The van der Waals surface area contributed by atoms with Gasteiger partial charge < -0.3 is 54.3 Å². The van der Waals surface area contributed by atoms with Crippen molar-refractivity contribution in [2.75, 3.05) is 13.2 Å². The van der Waals surface area contributed by atoms with E-state index in [1.807, 2.05) is 0 Å². The number of hydrogen-bond acceptors (Lipinski definition) is 14. The molecular weight excluding hydrogens is 452 g/mol. The van der Waals surface area contributed by atoms with Gasteiger partial charge in [-0.1, -0.05) is 0 Å². The van der Waals surface area contributed by atoms with Crippen LogP contribution in [0.3, 0.4) is 0 Å². The summed E-state index contributed by atoms with van der Waals surface area (Å²) in [4.78, 5) is 35.0. The maximum Gasteiger partial charge on any atom is 0.350 e. The van der Waals surface area contributed by atoms with Gasteiger partial charge in [-0.15, -0.1) is 0 Å². The van der Waals surface area contributed by atoms with Gasteiger partial charge in [-0.2, -0.15) is 0 Å². The molecule has 14 nitrogen and oxygen atoms in total. The molecule has 0 radical (unpaired) electrons. The third kappa shape index (κ3) is 8.12. The van der Waals surface area contributed by atoms with Crippen molar-refractivity contribution in [2.24, 2.45) is 0 Å². The quantitative estimate of drug-likeness (QED) is 0.123. The molecule has 1 aliphatic heterocycles. The summed E-state index contributed by atoms with van der Waals surface area (Å²) in [6, 6.07) is 0. The number of aliphatic hydroxyl groups is 6. The van der Waals surface area contributed by atoms with Crippen molar-refractivity contribution < 1.29 is 68.7 Å². The molecule has 0 unspecified atom stereocenters. The lowest BCUT2D eigenvalue weighted by Crippen LogP contribution is -2.62. The summed E-state index contributed by atoms with van der Waals surface area (Å²) in [5.41, 5.74) is 0. The van der Waals surface area contributed by atoms with Gasteiger partial charge in [-0.3, -0.25) is 9.59 Å². The van der Waals surface area contributed by atoms with Crippen LogP contribution >= 0.6 is 0 Å². The monoisotopic (exact) mass is 484 g/mol. The number of carbonyl (C=O) groups excluding carboxylic acids is 3. The van der Waals surface area contributed by atoms with E-state index in [1.54, 1.807) is 0 Å². The Balaban J connectivity index is 3.10. The molecule has 0 bridgehead atoms. The van der Waals surface area contributed by atoms with E-state index >= 15 is 0 Å². The standard InChI is InChI=1S/C19H32O14/c1-7(2)29-18(28)16(30-8(3)22)14(26)12(24)10(5-20)32-19-17(31-9(4)23)15(27)13(25)11(6-21)33-19/h7,10-17,19-21,24-27H,5-6H2,1-4H3/t10-,11-,12-,13-,14+,15+,16+,17+,19-/m1/s1. The minimum Gasteiger partial charge on any atom is -0.460 e. The average molecular weight is 484 g/mol. The molecule has 14 heteroatoms. The van der Waals surface area contributed by atoms with E-state index in [9.17, 15) is 45.0 Å². The van der Waals surface area contributed by atoms with E-state index in [1.165, 1.54) is 13.8 Å². The Labute approximate surface area is 189 Å². The fraction of sp³-hybridized carbons (Fsp3) is 0.842. The van der Waals surface area contributed by atoms with E-state index in [4.69, 9.17) is 23.7 Å². The average Bonchev–Trinajstić information content (AvgIpc) is 2.72. The Hall–Kier alpha value is -1.91. The molecule has 9 atom stereocenters. The fourth-order valence-corrected chi connectivity index (χ4v) is 3.02. The second-order valence-electron chi connectivity index (χ2n) is 7.63. The highest BCUT2D eigenvalue weighted by Crippen LogP contribution is 2.27. The maximum atomic E-state index is 12.2. The zero-order valence-electron chi connectivity index (χ0n) is 18.6. The van der Waals surface area contributed by atoms with Gasteiger partial charge >= 0.3 is 17.9 Å². The summed E-state index contributed by atoms with van der Waals surface area (Å²) in [5, 5.41) is 60.3. The van der Waals surface area contributed by atoms with Gasteiger partial charge in [0.1, 0.15) is 36.6 Å². The molecule has 1 saturated heterocycles. The Morgan fingerprint density at radius 1 is 0.939 bits per heavy atom. The number of ether oxygens (including phenoxy) is 5. The Morgan fingerprint density at radius 2 is 1.55 bits per heavy atom. The van der Waals surface area contributed by atoms with E-state index in [0.29, 0.717) is 0 Å². The Bertz CT molecular complexity index is 654. The molecular formula is C19H32O14. The van der Waals surface area contributed by atoms with E-state index in [2.05, 4.69) is 0 Å². The molecule has 6 N–H and O–H groups in total. The van der Waals surface area contributed by atoms with Gasteiger partial charge in [0.15, 0.2) is 12.4 Å². The van der Waals surface area contributed by atoms with Gasteiger partial charge in [-0.05, 0) is 13.8 Å². The highest BCUT2D eigenvalue weighted by molar-refractivity contribution is 5.79. The molecule has 0 spiro atoms. The van der Waals surface area contributed by atoms with E-state index in [-0.39, 0.29) is 0 Å². The van der Waals surface area contributed by atoms with Crippen LogP contribution in [-0.2, 0) is 38.1 Å². The molecule has 0 saturated carbocycles. The van der Waals surface area contributed by atoms with Crippen LogP contribution in [0.25, 0.3) is 0 Å². The summed E-state index contributed by atoms with van der Waals surface area (Å²) in [7, 11) is 0. The van der Waals surface area contributed by atoms with Crippen molar-refractivity contribution in [1.82, 2.24) is 0 Å². The molecule has 0 aliphatic carbocycles. The van der Waals surface area contributed by atoms with E-state index < -0.39 is 92.3 Å². The number of hydrogen-bond donors (Lipinski definition) is 6. The number of esters is 3. The Morgan fingerprint density at radius 3 is 2.00 bits per heavy atom. The maximum absolute atomic E-state index is 12.2. The van der Waals surface area contributed by atoms with Crippen LogP contribution < -0.4 is 0 Å². The van der Waals surface area contributed by atoms with Crippen molar-refractivity contribution in [3.05, 3.63) is 0 Å². The number of carbonyl (C=O) groups is 3. The van der Waals surface area contributed by atoms with Crippen LogP contribution in [0.5, 0.6) is 0 Å². The lowest BCUT2D eigenvalue weighted by Gasteiger charge is -2.42. The molecule has 0 aromatic heterocycles. The van der Waals surface area contributed by atoms with Gasteiger partial charge in [0, 0.05) is 13.8 Å². The first-order valence-electron chi connectivity index (χ1n) is 10.1. The van der Waals surface area contributed by atoms with Crippen LogP contribution in [-0.4, -0.2) is 123 Å². The summed E-state index contributed by atoms with van der Waals surface area (Å²) >= 11 is 0. The molecule has 33 heavy (non-hydrogen) atoms. The summed E-state index contributed by atoms with van der Waals surface area (Å²) < 4.78 is 25.2. The lowest BCUT2D eigenvalue weighted by molar-refractivity contribution is -0.324. The number of aliphatic hydroxyl groups excluding tert-OH is 6. The van der Waals surface area contributed by atoms with Crippen molar-refractivity contribution in [3.8, 4) is 0 Å². The molecule has 1 fully saturated rings. The second-order valence-corrected chi connectivity index (χ2v) is 7.63. The molecule has 0 aromatic rings. The highest BCUT2D eigenvalue weighted by atomic mass is 16.7. The first-order valence-corrected chi connectivity index (χ1v) is 10.1. The van der Waals surface area contributed by atoms with Crippen LogP contribution in [0, 0.1) is 0 Å². The van der Waals surface area contributed by atoms with Gasteiger partial charge in [0.05, 0.1) is 19.3 Å². The fourth-order valence-electron chi connectivity index (χ4n) is 3.02. The predicted octanol–water partition coefficient (Wildman–Crippen LogP) is -3.66. The topological polar surface area (TPSA) is 219 Å². The molecule has 0 amide bonds. The normalized spacial score (nSPS) is 29.0. The van der Waals surface area contributed by atoms with Crippen molar-refractivity contribution >= 4 is 17.9 Å². The molecule has 0 aromatic carbocycles. The molecule has 192 valence electrons. The largest absolute Gasteiger partial charge is 0.460 e. The van der Waals surface area contributed by atoms with Crippen molar-refractivity contribution in [1.29, 1.82) is 0 Å². The summed E-state index contributed by atoms with van der Waals surface area (Å²) in [6.07, 6.45) is -16.8. The number of rotatable bonds is 11. The van der Waals surface area contributed by atoms with Gasteiger partial charge in [0.2, 0.25) is 6.10 Å². The van der Waals surface area contributed by atoms with Crippen molar-refractivity contribution in [2.45, 2.75) is 88.9 Å². The second kappa shape index (κ2) is 13.1. The van der Waals surface area contributed by atoms with E-state index in [0.717, 1.165) is 13.8 Å². The lowest BCUT2D eigenvalue weighted by atomic mass is 9.98. The predicted molar refractivity (Wildman–Crippen MR) is 104 cm³/mol. The summed E-state index contributed by atoms with van der Waals surface area (Å²) in [5.74, 6) is -3.03. The third-order valence-corrected chi connectivity index (χ3v) is 4.53. The summed E-state index contributed by atoms with van der Waals surface area (Å²) in [6.45, 7) is 3.20. The third-order valence-electron chi connectivity index (χ3n) is 4.53. The van der Waals surface area contributed by atoms with Crippen LogP contribution in [0.1, 0.15) is 27.7 Å². The molecule has 1 heterocycles. The first kappa shape index (κ1) is 29.1. The van der Waals surface area contributed by atoms with Crippen LogP contribution in [0.2, 0.25) is 0 Å². The van der Waals surface area contributed by atoms with Gasteiger partial charge in [0.25, 0.3) is 0 Å². The van der Waals surface area contributed by atoms with Crippen LogP contribution in [0.15, 0.2) is 0 Å². The zero-order valence-corrected chi connectivity index (χ0v) is 18.6. The zero-order chi connectivity index (χ0) is 25.5. The minimum absolute atomic E-state index is 0.645. The highest BCUT2D eigenvalue weighted by Gasteiger charge is 2.49. The molecule has 1 aliphatic rings. The smallest absolute Gasteiger partial charge is 0.350 e. The minimum atomic E-state index is -2.14. The first-order chi connectivity index (χ1) is 15.3. The van der Waals surface area contributed by atoms with Crippen LogP contribution in [0.4, 0.5) is 0 Å². The molecule has 1 rings (SSSR count).